The Morgan fingerprint density at radius 1 is 1.47 bits per heavy atom. The molecular formula is C15H20O2. The highest BCUT2D eigenvalue weighted by molar-refractivity contribution is 5.34. The number of furan rings is 1. The second-order valence-corrected chi connectivity index (χ2v) is 5.98. The van der Waals surface area contributed by atoms with E-state index in [9.17, 15) is 5.11 Å². The molecule has 2 unspecified atom stereocenters. The van der Waals surface area contributed by atoms with Crippen LogP contribution < -0.4 is 0 Å². The zero-order valence-electron chi connectivity index (χ0n) is 10.6. The fourth-order valence-corrected chi connectivity index (χ4v) is 3.77. The van der Waals surface area contributed by atoms with Gasteiger partial charge in [-0.3, -0.25) is 0 Å². The van der Waals surface area contributed by atoms with Crippen LogP contribution in [0.25, 0.3) is 0 Å². The van der Waals surface area contributed by atoms with E-state index in [1.165, 1.54) is 17.6 Å². The van der Waals surface area contributed by atoms with E-state index in [0.717, 1.165) is 18.6 Å². The van der Waals surface area contributed by atoms with Crippen LogP contribution in [0, 0.1) is 11.8 Å². The first-order valence-electron chi connectivity index (χ1n) is 6.50. The summed E-state index contributed by atoms with van der Waals surface area (Å²) in [5, 5.41) is 9.27. The third kappa shape index (κ3) is 1.58. The molecule has 0 spiro atoms. The van der Waals surface area contributed by atoms with Gasteiger partial charge in [-0.05, 0) is 47.3 Å². The SMILES string of the molecule is CC1(C)c2ccoc2CC2C=C(CO)CCC21. The molecular weight excluding hydrogens is 212 g/mol. The van der Waals surface area contributed by atoms with Crippen LogP contribution in [-0.4, -0.2) is 11.7 Å². The van der Waals surface area contributed by atoms with Gasteiger partial charge in [0.25, 0.3) is 0 Å². The topological polar surface area (TPSA) is 33.4 Å². The lowest BCUT2D eigenvalue weighted by atomic mass is 9.59. The van der Waals surface area contributed by atoms with Gasteiger partial charge in [-0.25, -0.2) is 0 Å². The molecule has 1 N–H and O–H groups in total. The van der Waals surface area contributed by atoms with E-state index in [0.29, 0.717) is 11.8 Å². The molecule has 0 saturated heterocycles. The van der Waals surface area contributed by atoms with E-state index in [-0.39, 0.29) is 12.0 Å². The molecule has 0 aliphatic heterocycles. The van der Waals surface area contributed by atoms with Crippen molar-refractivity contribution in [1.29, 1.82) is 0 Å². The van der Waals surface area contributed by atoms with Crippen molar-refractivity contribution in [2.45, 2.75) is 38.5 Å². The van der Waals surface area contributed by atoms with Crippen LogP contribution in [0.15, 0.2) is 28.4 Å². The summed E-state index contributed by atoms with van der Waals surface area (Å²) < 4.78 is 5.62. The number of aliphatic hydroxyl groups is 1. The number of hydrogen-bond acceptors (Lipinski definition) is 2. The van der Waals surface area contributed by atoms with Crippen molar-refractivity contribution in [1.82, 2.24) is 0 Å². The van der Waals surface area contributed by atoms with E-state index in [2.05, 4.69) is 26.0 Å². The highest BCUT2D eigenvalue weighted by Crippen LogP contribution is 2.49. The lowest BCUT2D eigenvalue weighted by molar-refractivity contribution is 0.182. The van der Waals surface area contributed by atoms with Gasteiger partial charge in [0.1, 0.15) is 5.76 Å². The summed E-state index contributed by atoms with van der Waals surface area (Å²) in [7, 11) is 0. The molecule has 0 bridgehead atoms. The Kier molecular flexibility index (Phi) is 2.44. The first kappa shape index (κ1) is 11.1. The molecule has 3 rings (SSSR count). The minimum Gasteiger partial charge on any atom is -0.469 e. The van der Waals surface area contributed by atoms with Crippen LogP contribution in [0.4, 0.5) is 0 Å². The minimum atomic E-state index is 0.197. The summed E-state index contributed by atoms with van der Waals surface area (Å²) in [6.07, 6.45) is 7.35. The number of allylic oxidation sites excluding steroid dienone is 1. The molecule has 2 nitrogen and oxygen atoms in total. The van der Waals surface area contributed by atoms with Gasteiger partial charge in [0.15, 0.2) is 0 Å². The van der Waals surface area contributed by atoms with Gasteiger partial charge in [0, 0.05) is 6.42 Å². The predicted octanol–water partition coefficient (Wildman–Crippen LogP) is 3.06. The average molecular weight is 232 g/mol. The molecule has 0 radical (unpaired) electrons. The van der Waals surface area contributed by atoms with Gasteiger partial charge in [-0.15, -0.1) is 0 Å². The van der Waals surface area contributed by atoms with Crippen molar-refractivity contribution in [3.8, 4) is 0 Å². The quantitative estimate of drug-likeness (QED) is 0.755. The molecule has 1 aromatic heterocycles. The molecule has 2 aliphatic carbocycles. The highest BCUT2D eigenvalue weighted by atomic mass is 16.3. The van der Waals surface area contributed by atoms with E-state index < -0.39 is 0 Å². The summed E-state index contributed by atoms with van der Waals surface area (Å²) in [5.74, 6) is 2.37. The number of hydrogen-bond donors (Lipinski definition) is 1. The van der Waals surface area contributed by atoms with Crippen molar-refractivity contribution in [3.05, 3.63) is 35.3 Å². The molecule has 0 fully saturated rings. The van der Waals surface area contributed by atoms with Gasteiger partial charge >= 0.3 is 0 Å². The van der Waals surface area contributed by atoms with E-state index in [1.54, 1.807) is 0 Å². The van der Waals surface area contributed by atoms with Crippen molar-refractivity contribution in [2.24, 2.45) is 11.8 Å². The summed E-state index contributed by atoms with van der Waals surface area (Å²) >= 11 is 0. The molecule has 2 heteroatoms. The zero-order chi connectivity index (χ0) is 12.0. The molecule has 0 aromatic carbocycles. The maximum atomic E-state index is 9.27. The Morgan fingerprint density at radius 3 is 3.06 bits per heavy atom. The lowest BCUT2D eigenvalue weighted by Gasteiger charge is -2.45. The Balaban J connectivity index is 2.02. The monoisotopic (exact) mass is 232 g/mol. The largest absolute Gasteiger partial charge is 0.469 e. The summed E-state index contributed by atoms with van der Waals surface area (Å²) in [6.45, 7) is 4.88. The fraction of sp³-hybridized carbons (Fsp3) is 0.600. The first-order valence-corrected chi connectivity index (χ1v) is 6.50. The number of aliphatic hydroxyl groups excluding tert-OH is 1. The molecule has 17 heavy (non-hydrogen) atoms. The summed E-state index contributed by atoms with van der Waals surface area (Å²) in [4.78, 5) is 0. The number of rotatable bonds is 1. The maximum Gasteiger partial charge on any atom is 0.108 e. The Bertz CT molecular complexity index is 453. The lowest BCUT2D eigenvalue weighted by Crippen LogP contribution is -2.40. The van der Waals surface area contributed by atoms with Gasteiger partial charge in [-0.1, -0.05) is 19.9 Å². The third-order valence-electron chi connectivity index (χ3n) is 4.73. The normalized spacial score (nSPS) is 30.4. The van der Waals surface area contributed by atoms with Crippen LogP contribution in [0.3, 0.4) is 0 Å². The van der Waals surface area contributed by atoms with E-state index in [1.807, 2.05) is 6.26 Å². The van der Waals surface area contributed by atoms with Crippen LogP contribution in [0.1, 0.15) is 38.0 Å². The maximum absolute atomic E-state index is 9.27. The summed E-state index contributed by atoms with van der Waals surface area (Å²) in [5.41, 5.74) is 2.79. The van der Waals surface area contributed by atoms with Gasteiger partial charge in [0.05, 0.1) is 12.9 Å². The van der Waals surface area contributed by atoms with Gasteiger partial charge in [0.2, 0.25) is 0 Å². The molecule has 0 saturated carbocycles. The van der Waals surface area contributed by atoms with Crippen molar-refractivity contribution in [2.75, 3.05) is 6.61 Å². The van der Waals surface area contributed by atoms with Crippen molar-refractivity contribution in [3.63, 3.8) is 0 Å². The van der Waals surface area contributed by atoms with Crippen LogP contribution in [0.5, 0.6) is 0 Å². The fourth-order valence-electron chi connectivity index (χ4n) is 3.77. The van der Waals surface area contributed by atoms with Gasteiger partial charge in [-0.2, -0.15) is 0 Å². The van der Waals surface area contributed by atoms with Crippen LogP contribution in [-0.2, 0) is 11.8 Å². The third-order valence-corrected chi connectivity index (χ3v) is 4.73. The molecule has 92 valence electrons. The highest BCUT2D eigenvalue weighted by Gasteiger charge is 2.44. The predicted molar refractivity (Wildman–Crippen MR) is 66.8 cm³/mol. The van der Waals surface area contributed by atoms with Crippen LogP contribution in [0.2, 0.25) is 0 Å². The Hall–Kier alpha value is -1.02. The van der Waals surface area contributed by atoms with Crippen molar-refractivity contribution >= 4 is 0 Å². The standard InChI is InChI=1S/C15H20O2/c1-15(2)12-4-3-10(9-16)7-11(12)8-14-13(15)5-6-17-14/h5-7,11-12,16H,3-4,8-9H2,1-2H3. The smallest absolute Gasteiger partial charge is 0.108 e. The van der Waals surface area contributed by atoms with Gasteiger partial charge < -0.3 is 9.52 Å². The second-order valence-electron chi connectivity index (χ2n) is 5.98. The molecule has 1 aromatic rings. The minimum absolute atomic E-state index is 0.197. The van der Waals surface area contributed by atoms with E-state index >= 15 is 0 Å². The van der Waals surface area contributed by atoms with Crippen LogP contribution >= 0.6 is 0 Å². The molecule has 2 atom stereocenters. The van der Waals surface area contributed by atoms with Crippen molar-refractivity contribution < 1.29 is 9.52 Å². The van der Waals surface area contributed by atoms with E-state index in [4.69, 9.17) is 4.42 Å². The molecule has 0 amide bonds. The first-order chi connectivity index (χ1) is 8.13. The zero-order valence-corrected chi connectivity index (χ0v) is 10.6. The second kappa shape index (κ2) is 3.74. The molecule has 2 aliphatic rings. The average Bonchev–Trinajstić information content (AvgIpc) is 2.77. The Labute approximate surface area is 102 Å². The Morgan fingerprint density at radius 2 is 2.29 bits per heavy atom. The summed E-state index contributed by atoms with van der Waals surface area (Å²) in [6, 6.07) is 2.14. The number of fused-ring (bicyclic) bond motifs is 2. The molecule has 1 heterocycles.